The highest BCUT2D eigenvalue weighted by atomic mass is 19.1. The van der Waals surface area contributed by atoms with Gasteiger partial charge in [-0.15, -0.1) is 0 Å². The molecule has 0 aliphatic rings. The van der Waals surface area contributed by atoms with Gasteiger partial charge in [0.2, 0.25) is 0 Å². The number of hydrogen-bond acceptors (Lipinski definition) is 2. The van der Waals surface area contributed by atoms with E-state index in [1.807, 2.05) is 24.4 Å². The van der Waals surface area contributed by atoms with Crippen LogP contribution in [0.5, 0.6) is 5.75 Å². The highest BCUT2D eigenvalue weighted by Gasteiger charge is 2.32. The average molecular weight is 285 g/mol. The van der Waals surface area contributed by atoms with Crippen molar-refractivity contribution in [1.29, 1.82) is 0 Å². The van der Waals surface area contributed by atoms with E-state index in [0.29, 0.717) is 11.3 Å². The fraction of sp³-hybridized carbons (Fsp3) is 0.176. The van der Waals surface area contributed by atoms with Crippen LogP contribution in [0.25, 0.3) is 10.9 Å². The third kappa shape index (κ3) is 2.17. The van der Waals surface area contributed by atoms with Crippen LogP contribution < -0.4 is 4.74 Å². The van der Waals surface area contributed by atoms with Crippen LogP contribution in [-0.2, 0) is 5.60 Å². The molecule has 0 saturated carbocycles. The van der Waals surface area contributed by atoms with Crippen molar-refractivity contribution in [2.75, 3.05) is 7.11 Å². The number of halogens is 1. The van der Waals surface area contributed by atoms with Crippen molar-refractivity contribution >= 4 is 10.9 Å². The molecule has 0 spiro atoms. The van der Waals surface area contributed by atoms with Gasteiger partial charge in [-0.25, -0.2) is 4.39 Å². The minimum Gasteiger partial charge on any atom is -0.496 e. The van der Waals surface area contributed by atoms with Crippen LogP contribution in [0.4, 0.5) is 4.39 Å². The highest BCUT2D eigenvalue weighted by Crippen LogP contribution is 2.37. The number of aromatic nitrogens is 1. The first kappa shape index (κ1) is 13.6. The van der Waals surface area contributed by atoms with E-state index in [1.54, 1.807) is 25.1 Å². The van der Waals surface area contributed by atoms with Crippen molar-refractivity contribution in [3.63, 3.8) is 0 Å². The molecule has 0 aliphatic carbocycles. The van der Waals surface area contributed by atoms with Crippen LogP contribution in [0.1, 0.15) is 18.1 Å². The van der Waals surface area contributed by atoms with E-state index in [-0.39, 0.29) is 5.56 Å². The molecule has 0 radical (unpaired) electrons. The van der Waals surface area contributed by atoms with Crippen molar-refractivity contribution in [2.24, 2.45) is 0 Å². The van der Waals surface area contributed by atoms with Gasteiger partial charge in [0.25, 0.3) is 0 Å². The smallest absolute Gasteiger partial charge is 0.133 e. The molecule has 108 valence electrons. The summed E-state index contributed by atoms with van der Waals surface area (Å²) >= 11 is 0. The summed E-state index contributed by atoms with van der Waals surface area (Å²) in [6.07, 6.45) is 1.83. The SMILES string of the molecule is COc1cccc(F)c1C(C)(O)c1ccc2[nH]ccc2c1. The van der Waals surface area contributed by atoms with Crippen molar-refractivity contribution in [2.45, 2.75) is 12.5 Å². The van der Waals surface area contributed by atoms with E-state index in [4.69, 9.17) is 4.74 Å². The molecule has 1 unspecified atom stereocenters. The molecule has 0 amide bonds. The minimum atomic E-state index is -1.48. The minimum absolute atomic E-state index is 0.141. The Morgan fingerprint density at radius 3 is 2.76 bits per heavy atom. The van der Waals surface area contributed by atoms with Crippen LogP contribution in [0.15, 0.2) is 48.7 Å². The number of nitrogens with one attached hydrogen (secondary N) is 1. The molecule has 4 heteroatoms. The van der Waals surface area contributed by atoms with E-state index in [2.05, 4.69) is 4.98 Å². The van der Waals surface area contributed by atoms with Gasteiger partial charge in [-0.05, 0) is 48.2 Å². The monoisotopic (exact) mass is 285 g/mol. The maximum Gasteiger partial charge on any atom is 0.133 e. The van der Waals surface area contributed by atoms with Crippen molar-refractivity contribution < 1.29 is 14.2 Å². The fourth-order valence-electron chi connectivity index (χ4n) is 2.65. The van der Waals surface area contributed by atoms with Gasteiger partial charge < -0.3 is 14.8 Å². The number of aromatic amines is 1. The first-order chi connectivity index (χ1) is 10.0. The normalized spacial score (nSPS) is 14.1. The Morgan fingerprint density at radius 2 is 2.00 bits per heavy atom. The first-order valence-electron chi connectivity index (χ1n) is 6.67. The maximum absolute atomic E-state index is 14.2. The molecule has 0 saturated heterocycles. The molecule has 2 N–H and O–H groups in total. The summed E-state index contributed by atoms with van der Waals surface area (Å²) in [7, 11) is 1.46. The summed E-state index contributed by atoms with van der Waals surface area (Å²) in [5, 5.41) is 11.9. The molecule has 0 bridgehead atoms. The Hall–Kier alpha value is -2.33. The summed E-state index contributed by atoms with van der Waals surface area (Å²) in [5.74, 6) is -0.164. The molecule has 3 aromatic rings. The zero-order valence-corrected chi connectivity index (χ0v) is 11.9. The second-order valence-electron chi connectivity index (χ2n) is 5.17. The van der Waals surface area contributed by atoms with Gasteiger partial charge in [-0.2, -0.15) is 0 Å². The molecule has 3 nitrogen and oxygen atoms in total. The molecule has 1 heterocycles. The Labute approximate surface area is 122 Å². The number of methoxy groups -OCH3 is 1. The van der Waals surface area contributed by atoms with Gasteiger partial charge in [0.15, 0.2) is 0 Å². The third-order valence-corrected chi connectivity index (χ3v) is 3.80. The van der Waals surface area contributed by atoms with Crippen LogP contribution >= 0.6 is 0 Å². The molecule has 2 aromatic carbocycles. The lowest BCUT2D eigenvalue weighted by molar-refractivity contribution is 0.0946. The topological polar surface area (TPSA) is 45.2 Å². The number of H-pyrrole nitrogens is 1. The number of fused-ring (bicyclic) bond motifs is 1. The zero-order chi connectivity index (χ0) is 15.0. The lowest BCUT2D eigenvalue weighted by atomic mass is 9.86. The Bertz CT molecular complexity index is 792. The standard InChI is InChI=1S/C17H16FNO2/c1-17(20,16-13(18)4-3-5-15(16)21-2)12-6-7-14-11(10-12)8-9-19-14/h3-10,19-20H,1-2H3. The predicted molar refractivity (Wildman–Crippen MR) is 79.9 cm³/mol. The van der Waals surface area contributed by atoms with E-state index < -0.39 is 11.4 Å². The number of aliphatic hydroxyl groups is 1. The van der Waals surface area contributed by atoms with E-state index in [0.717, 1.165) is 10.9 Å². The molecule has 3 rings (SSSR count). The summed E-state index contributed by atoms with van der Waals surface area (Å²) in [6.45, 7) is 1.57. The summed E-state index contributed by atoms with van der Waals surface area (Å²) in [5.41, 5.74) is 0.234. The maximum atomic E-state index is 14.2. The van der Waals surface area contributed by atoms with Crippen molar-refractivity contribution in [1.82, 2.24) is 4.98 Å². The van der Waals surface area contributed by atoms with Gasteiger partial charge in [0.05, 0.1) is 12.7 Å². The van der Waals surface area contributed by atoms with E-state index in [1.165, 1.54) is 13.2 Å². The van der Waals surface area contributed by atoms with Crippen LogP contribution in [-0.4, -0.2) is 17.2 Å². The molecule has 0 fully saturated rings. The van der Waals surface area contributed by atoms with Crippen molar-refractivity contribution in [3.8, 4) is 5.75 Å². The Kier molecular flexibility index (Phi) is 3.18. The quantitative estimate of drug-likeness (QED) is 0.772. The second kappa shape index (κ2) is 4.90. The van der Waals surface area contributed by atoms with Gasteiger partial charge in [0, 0.05) is 11.7 Å². The zero-order valence-electron chi connectivity index (χ0n) is 11.9. The molecule has 0 aliphatic heterocycles. The number of benzene rings is 2. The molecule has 21 heavy (non-hydrogen) atoms. The molecule has 1 atom stereocenters. The third-order valence-electron chi connectivity index (χ3n) is 3.80. The number of hydrogen-bond donors (Lipinski definition) is 2. The fourth-order valence-corrected chi connectivity index (χ4v) is 2.65. The summed E-state index contributed by atoms with van der Waals surface area (Å²) < 4.78 is 19.4. The molecular formula is C17H16FNO2. The number of rotatable bonds is 3. The van der Waals surface area contributed by atoms with Gasteiger partial charge >= 0.3 is 0 Å². The summed E-state index contributed by atoms with van der Waals surface area (Å²) in [6, 6.07) is 11.9. The van der Waals surface area contributed by atoms with E-state index >= 15 is 0 Å². The van der Waals surface area contributed by atoms with Crippen LogP contribution in [0, 0.1) is 5.82 Å². The first-order valence-corrected chi connectivity index (χ1v) is 6.67. The van der Waals surface area contributed by atoms with E-state index in [9.17, 15) is 9.50 Å². The Morgan fingerprint density at radius 1 is 1.19 bits per heavy atom. The van der Waals surface area contributed by atoms with Crippen LogP contribution in [0.3, 0.4) is 0 Å². The lowest BCUT2D eigenvalue weighted by Crippen LogP contribution is -2.25. The summed E-state index contributed by atoms with van der Waals surface area (Å²) in [4.78, 5) is 3.09. The second-order valence-corrected chi connectivity index (χ2v) is 5.17. The van der Waals surface area contributed by atoms with Gasteiger partial charge in [-0.1, -0.05) is 12.1 Å². The average Bonchev–Trinajstić information content (AvgIpc) is 2.93. The predicted octanol–water partition coefficient (Wildman–Crippen LogP) is 3.57. The van der Waals surface area contributed by atoms with Gasteiger partial charge in [-0.3, -0.25) is 0 Å². The van der Waals surface area contributed by atoms with Crippen LogP contribution in [0.2, 0.25) is 0 Å². The molecular weight excluding hydrogens is 269 g/mol. The lowest BCUT2D eigenvalue weighted by Gasteiger charge is -2.27. The van der Waals surface area contributed by atoms with Crippen molar-refractivity contribution in [3.05, 3.63) is 65.6 Å². The van der Waals surface area contributed by atoms with Gasteiger partial charge in [0.1, 0.15) is 17.2 Å². The highest BCUT2D eigenvalue weighted by molar-refractivity contribution is 5.80. The largest absolute Gasteiger partial charge is 0.496 e. The number of ether oxygens (including phenoxy) is 1. The Balaban J connectivity index is 2.19. The molecule has 1 aromatic heterocycles.